The summed E-state index contributed by atoms with van der Waals surface area (Å²) in [6.07, 6.45) is 1.29. The molecule has 1 heterocycles. The van der Waals surface area contributed by atoms with E-state index >= 15 is 0 Å². The Morgan fingerprint density at radius 1 is 1.50 bits per heavy atom. The number of hydrogen-bond donors (Lipinski definition) is 1. The maximum absolute atomic E-state index is 10.7. The van der Waals surface area contributed by atoms with Crippen LogP contribution in [0.25, 0.3) is 0 Å². The molecule has 1 aliphatic rings. The highest BCUT2D eigenvalue weighted by atomic mass is 79.9. The van der Waals surface area contributed by atoms with Gasteiger partial charge in [-0.25, -0.2) is 14.5 Å². The zero-order valence-electron chi connectivity index (χ0n) is 5.15. The van der Waals surface area contributed by atoms with Gasteiger partial charge in [-0.3, -0.25) is 0 Å². The summed E-state index contributed by atoms with van der Waals surface area (Å²) in [6, 6.07) is 0. The molecule has 0 bridgehead atoms. The number of imide groups is 1. The van der Waals surface area contributed by atoms with Crippen LogP contribution in [0.4, 0.5) is 0 Å². The number of amides is 2. The second kappa shape index (κ2) is 3.41. The van der Waals surface area contributed by atoms with Gasteiger partial charge in [-0.15, -0.1) is 0 Å². The van der Waals surface area contributed by atoms with Crippen molar-refractivity contribution in [3.8, 4) is 0 Å². The molecule has 0 saturated heterocycles. The molecular formula is C5H5Br2NO2. The molecule has 2 amide bonds. The van der Waals surface area contributed by atoms with E-state index in [9.17, 15) is 9.59 Å². The minimum Gasteiger partial charge on any atom is -1.00 e. The molecule has 0 radical (unpaired) electrons. The number of halogens is 2. The van der Waals surface area contributed by atoms with Gasteiger partial charge in [0.1, 0.15) is 4.48 Å². The number of quaternary nitrogens is 1. The van der Waals surface area contributed by atoms with Crippen molar-refractivity contribution in [1.29, 1.82) is 0 Å². The number of likely N-dealkylation sites (N-methyl/N-ethyl adjacent to an activating group) is 1. The Morgan fingerprint density at radius 3 is 2.10 bits per heavy atom. The van der Waals surface area contributed by atoms with Crippen LogP contribution in [0.3, 0.4) is 0 Å². The molecule has 0 aliphatic carbocycles. The van der Waals surface area contributed by atoms with Crippen molar-refractivity contribution in [2.24, 2.45) is 0 Å². The van der Waals surface area contributed by atoms with E-state index in [1.165, 1.54) is 13.1 Å². The van der Waals surface area contributed by atoms with E-state index in [1.807, 2.05) is 0 Å². The molecule has 0 fully saturated rings. The predicted octanol–water partition coefficient (Wildman–Crippen LogP) is -4.15. The summed E-state index contributed by atoms with van der Waals surface area (Å²) in [6.45, 7) is 0. The van der Waals surface area contributed by atoms with Crippen LogP contribution in [0, 0.1) is 0 Å². The monoisotopic (exact) mass is 269 g/mol. The molecule has 1 atom stereocenters. The van der Waals surface area contributed by atoms with E-state index in [1.54, 1.807) is 0 Å². The second-order valence-corrected chi connectivity index (χ2v) is 2.66. The fourth-order valence-electron chi connectivity index (χ4n) is 0.580. The van der Waals surface area contributed by atoms with Gasteiger partial charge in [0, 0.05) is 0 Å². The fourth-order valence-corrected chi connectivity index (χ4v) is 1.09. The number of carbonyl (C=O) groups is 2. The van der Waals surface area contributed by atoms with Gasteiger partial charge in [0.15, 0.2) is 0 Å². The molecule has 0 aromatic heterocycles. The third-order valence-electron chi connectivity index (χ3n) is 1.18. The first-order valence-electron chi connectivity index (χ1n) is 2.42. The molecule has 5 heteroatoms. The van der Waals surface area contributed by atoms with Gasteiger partial charge in [-0.1, -0.05) is 0 Å². The molecule has 10 heavy (non-hydrogen) atoms. The number of hydrogen-bond acceptors (Lipinski definition) is 2. The van der Waals surface area contributed by atoms with E-state index in [-0.39, 0.29) is 28.8 Å². The average Bonchev–Trinajstić information content (AvgIpc) is 1.98. The van der Waals surface area contributed by atoms with Gasteiger partial charge < -0.3 is 17.0 Å². The van der Waals surface area contributed by atoms with Crippen LogP contribution in [-0.2, 0) is 9.59 Å². The van der Waals surface area contributed by atoms with Gasteiger partial charge in [-0.05, 0) is 15.9 Å². The maximum Gasteiger partial charge on any atom is 0.359 e. The second-order valence-electron chi connectivity index (χ2n) is 1.81. The number of carbonyl (C=O) groups excluding carboxylic acids is 2. The normalized spacial score (nSPS) is 24.2. The zero-order chi connectivity index (χ0) is 7.02. The lowest BCUT2D eigenvalue weighted by Crippen LogP contribution is -3.12. The predicted molar refractivity (Wildman–Crippen MR) is 33.9 cm³/mol. The average molecular weight is 271 g/mol. The molecule has 0 aromatic rings. The first kappa shape index (κ1) is 10.0. The molecule has 0 spiro atoms. The van der Waals surface area contributed by atoms with Crippen LogP contribution in [0.2, 0.25) is 0 Å². The number of rotatable bonds is 0. The summed E-state index contributed by atoms with van der Waals surface area (Å²) >= 11 is 2.95. The van der Waals surface area contributed by atoms with E-state index in [2.05, 4.69) is 15.9 Å². The third kappa shape index (κ3) is 1.53. The standard InChI is InChI=1S/C5H4BrNO2.BrH/c1-7-4(8)2-3(6)5(7)9;/h2H,1H3;1H. The van der Waals surface area contributed by atoms with Crippen molar-refractivity contribution in [1.82, 2.24) is 0 Å². The molecule has 1 aliphatic heterocycles. The third-order valence-corrected chi connectivity index (χ3v) is 1.77. The molecule has 0 aromatic carbocycles. The largest absolute Gasteiger partial charge is 1.00 e. The van der Waals surface area contributed by atoms with Crippen molar-refractivity contribution < 1.29 is 31.5 Å². The van der Waals surface area contributed by atoms with Crippen LogP contribution in [-0.4, -0.2) is 18.9 Å². The van der Waals surface area contributed by atoms with Crippen LogP contribution in [0.1, 0.15) is 0 Å². The van der Waals surface area contributed by atoms with E-state index in [4.69, 9.17) is 0 Å². The van der Waals surface area contributed by atoms with E-state index < -0.39 is 0 Å². The minimum absolute atomic E-state index is 0. The Kier molecular flexibility index (Phi) is 3.41. The molecule has 1 N–H and O–H groups in total. The molecule has 1 rings (SSSR count). The SMILES string of the molecule is C[NH+]1C(=O)C=C(Br)C1=O.[Br-]. The molecule has 1 unspecified atom stereocenters. The lowest BCUT2D eigenvalue weighted by molar-refractivity contribution is -0.705. The molecule has 56 valence electrons. The smallest absolute Gasteiger partial charge is 0.359 e. The van der Waals surface area contributed by atoms with Crippen molar-refractivity contribution in [3.05, 3.63) is 10.6 Å². The van der Waals surface area contributed by atoms with Crippen LogP contribution in [0.15, 0.2) is 10.6 Å². The Hall–Kier alpha value is -0.0000000000000000555. The van der Waals surface area contributed by atoms with Gasteiger partial charge >= 0.3 is 11.8 Å². The van der Waals surface area contributed by atoms with Gasteiger partial charge in [0.2, 0.25) is 0 Å². The summed E-state index contributed by atoms with van der Waals surface area (Å²) in [5, 5.41) is 0. The van der Waals surface area contributed by atoms with E-state index in [0.717, 1.165) is 0 Å². The summed E-state index contributed by atoms with van der Waals surface area (Å²) in [4.78, 5) is 21.7. The first-order chi connectivity index (χ1) is 4.13. The summed E-state index contributed by atoms with van der Waals surface area (Å²) in [7, 11) is 1.52. The van der Waals surface area contributed by atoms with Crippen molar-refractivity contribution in [3.63, 3.8) is 0 Å². The van der Waals surface area contributed by atoms with Gasteiger partial charge in [-0.2, -0.15) is 0 Å². The Labute approximate surface area is 77.0 Å². The maximum atomic E-state index is 10.7. The topological polar surface area (TPSA) is 38.6 Å². The molecular weight excluding hydrogens is 266 g/mol. The van der Waals surface area contributed by atoms with Crippen LogP contribution < -0.4 is 21.9 Å². The lowest BCUT2D eigenvalue weighted by Gasteiger charge is -1.95. The van der Waals surface area contributed by atoms with Crippen molar-refractivity contribution in [2.45, 2.75) is 0 Å². The van der Waals surface area contributed by atoms with Crippen LogP contribution in [0.5, 0.6) is 0 Å². The van der Waals surface area contributed by atoms with Crippen LogP contribution >= 0.6 is 15.9 Å². The highest BCUT2D eigenvalue weighted by Crippen LogP contribution is 2.04. The Morgan fingerprint density at radius 2 is 2.00 bits per heavy atom. The summed E-state index contributed by atoms with van der Waals surface area (Å²) < 4.78 is 0.366. The van der Waals surface area contributed by atoms with Gasteiger partial charge in [0.05, 0.1) is 13.1 Å². The lowest BCUT2D eigenvalue weighted by atomic mass is 10.6. The van der Waals surface area contributed by atoms with E-state index in [0.29, 0.717) is 9.38 Å². The highest BCUT2D eigenvalue weighted by molar-refractivity contribution is 9.12. The van der Waals surface area contributed by atoms with Gasteiger partial charge in [0.25, 0.3) is 0 Å². The van der Waals surface area contributed by atoms with Crippen molar-refractivity contribution >= 4 is 27.7 Å². The molecule has 0 saturated carbocycles. The minimum atomic E-state index is -0.194. The Balaban J connectivity index is 0.000000810. The summed E-state index contributed by atoms with van der Waals surface area (Å²) in [5.74, 6) is -0.383. The van der Waals surface area contributed by atoms with Crippen molar-refractivity contribution in [2.75, 3.05) is 7.05 Å². The Bertz CT molecular complexity index is 212. The highest BCUT2D eigenvalue weighted by Gasteiger charge is 2.31. The fraction of sp³-hybridized carbons (Fsp3) is 0.200. The zero-order valence-corrected chi connectivity index (χ0v) is 8.32. The summed E-state index contributed by atoms with van der Waals surface area (Å²) in [5.41, 5.74) is 0. The molecule has 3 nitrogen and oxygen atoms in total. The quantitative estimate of drug-likeness (QED) is 0.454. The first-order valence-corrected chi connectivity index (χ1v) is 3.22. The number of nitrogens with one attached hydrogen (secondary N) is 1.